The molecule has 2 N–H and O–H groups in total. The molecule has 6 nitrogen and oxygen atoms in total. The number of amides is 2. The van der Waals surface area contributed by atoms with Gasteiger partial charge in [-0.1, -0.05) is 19.9 Å². The summed E-state index contributed by atoms with van der Waals surface area (Å²) in [6.45, 7) is 13.4. The van der Waals surface area contributed by atoms with Crippen molar-refractivity contribution in [1.29, 1.82) is 0 Å². The molecule has 6 heteroatoms. The standard InChI is InChI=1S/C20H31N3O3/c1-5-8-15-26-16(4)19(24)22-18-11-9-17(10-12-18)20(25)21-13-14-23(6-2)7-3/h5,9-12,16H,1,6-8,13-15H2,2-4H3,(H,21,25)(H,22,24). The summed E-state index contributed by atoms with van der Waals surface area (Å²) >= 11 is 0. The van der Waals surface area contributed by atoms with E-state index < -0.39 is 6.10 Å². The van der Waals surface area contributed by atoms with Crippen LogP contribution in [0.1, 0.15) is 37.6 Å². The second-order valence-electron chi connectivity index (χ2n) is 5.94. The van der Waals surface area contributed by atoms with Crippen LogP contribution in [0.4, 0.5) is 5.69 Å². The van der Waals surface area contributed by atoms with Gasteiger partial charge in [0, 0.05) is 24.3 Å². The van der Waals surface area contributed by atoms with Gasteiger partial charge in [-0.15, -0.1) is 6.58 Å². The summed E-state index contributed by atoms with van der Waals surface area (Å²) in [5.41, 5.74) is 1.20. The first-order valence-corrected chi connectivity index (χ1v) is 9.15. The lowest BCUT2D eigenvalue weighted by Crippen LogP contribution is -2.34. The molecular weight excluding hydrogens is 330 g/mol. The molecule has 144 valence electrons. The van der Waals surface area contributed by atoms with Crippen LogP contribution in [0.25, 0.3) is 0 Å². The van der Waals surface area contributed by atoms with E-state index in [0.29, 0.717) is 30.8 Å². The summed E-state index contributed by atoms with van der Waals surface area (Å²) in [4.78, 5) is 26.4. The molecule has 0 aliphatic heterocycles. The van der Waals surface area contributed by atoms with Crippen molar-refractivity contribution in [1.82, 2.24) is 10.2 Å². The Bertz CT molecular complexity index is 568. The summed E-state index contributed by atoms with van der Waals surface area (Å²) < 4.78 is 5.41. The number of benzene rings is 1. The highest BCUT2D eigenvalue weighted by atomic mass is 16.5. The Balaban J connectivity index is 2.45. The molecule has 1 aromatic rings. The number of carbonyl (C=O) groups excluding carboxylic acids is 2. The number of nitrogens with zero attached hydrogens (tertiary/aromatic N) is 1. The number of ether oxygens (including phenoxy) is 1. The van der Waals surface area contributed by atoms with Crippen molar-refractivity contribution in [3.63, 3.8) is 0 Å². The third-order valence-corrected chi connectivity index (χ3v) is 4.08. The van der Waals surface area contributed by atoms with Crippen molar-refractivity contribution >= 4 is 17.5 Å². The lowest BCUT2D eigenvalue weighted by Gasteiger charge is -2.18. The number of nitrogens with one attached hydrogen (secondary N) is 2. The number of hydrogen-bond donors (Lipinski definition) is 2. The highest BCUT2D eigenvalue weighted by Crippen LogP contribution is 2.10. The van der Waals surface area contributed by atoms with Gasteiger partial charge in [0.2, 0.25) is 0 Å². The van der Waals surface area contributed by atoms with E-state index in [4.69, 9.17) is 4.74 Å². The quantitative estimate of drug-likeness (QED) is 0.444. The normalized spacial score (nSPS) is 11.8. The second kappa shape index (κ2) is 12.2. The van der Waals surface area contributed by atoms with E-state index in [-0.39, 0.29) is 11.8 Å². The molecule has 1 rings (SSSR count). The van der Waals surface area contributed by atoms with Gasteiger partial charge >= 0.3 is 0 Å². The van der Waals surface area contributed by atoms with Crippen LogP contribution < -0.4 is 10.6 Å². The summed E-state index contributed by atoms with van der Waals surface area (Å²) in [5.74, 6) is -0.332. The zero-order valence-corrected chi connectivity index (χ0v) is 16.1. The molecule has 0 fully saturated rings. The molecule has 1 aromatic carbocycles. The Morgan fingerprint density at radius 2 is 1.88 bits per heavy atom. The number of likely N-dealkylation sites (N-methyl/N-ethyl adjacent to an activating group) is 1. The molecule has 26 heavy (non-hydrogen) atoms. The molecule has 0 radical (unpaired) electrons. The zero-order valence-electron chi connectivity index (χ0n) is 16.1. The van der Waals surface area contributed by atoms with Crippen LogP contribution in [0.5, 0.6) is 0 Å². The van der Waals surface area contributed by atoms with Crippen LogP contribution in [0.15, 0.2) is 36.9 Å². The fraction of sp³-hybridized carbons (Fsp3) is 0.500. The Labute approximate surface area is 156 Å². The molecule has 0 saturated carbocycles. The molecule has 1 unspecified atom stereocenters. The van der Waals surface area contributed by atoms with Crippen molar-refractivity contribution in [2.45, 2.75) is 33.3 Å². The third kappa shape index (κ3) is 7.80. The maximum atomic E-state index is 12.1. The summed E-state index contributed by atoms with van der Waals surface area (Å²) in [6.07, 6.45) is 1.91. The van der Waals surface area contributed by atoms with E-state index in [1.165, 1.54) is 0 Å². The Morgan fingerprint density at radius 1 is 1.23 bits per heavy atom. The Kier molecular flexibility index (Phi) is 10.3. The predicted molar refractivity (Wildman–Crippen MR) is 105 cm³/mol. The van der Waals surface area contributed by atoms with Crippen molar-refractivity contribution in [3.05, 3.63) is 42.5 Å². The van der Waals surface area contributed by atoms with Crippen LogP contribution in [-0.4, -0.2) is 55.6 Å². The maximum Gasteiger partial charge on any atom is 0.253 e. The number of rotatable bonds is 12. The van der Waals surface area contributed by atoms with Gasteiger partial charge in [0.1, 0.15) is 6.10 Å². The fourth-order valence-electron chi connectivity index (χ4n) is 2.32. The molecule has 0 aliphatic rings. The first-order chi connectivity index (χ1) is 12.5. The minimum absolute atomic E-state index is 0.115. The first kappa shape index (κ1) is 21.9. The van der Waals surface area contributed by atoms with E-state index in [0.717, 1.165) is 19.6 Å². The first-order valence-electron chi connectivity index (χ1n) is 9.15. The van der Waals surface area contributed by atoms with Gasteiger partial charge in [-0.2, -0.15) is 0 Å². The maximum absolute atomic E-state index is 12.1. The summed E-state index contributed by atoms with van der Waals surface area (Å²) in [7, 11) is 0. The van der Waals surface area contributed by atoms with Crippen LogP contribution >= 0.6 is 0 Å². The number of carbonyl (C=O) groups is 2. The van der Waals surface area contributed by atoms with Gasteiger partial charge in [0.05, 0.1) is 6.61 Å². The highest BCUT2D eigenvalue weighted by Gasteiger charge is 2.13. The van der Waals surface area contributed by atoms with Gasteiger partial charge in [-0.3, -0.25) is 9.59 Å². The Morgan fingerprint density at radius 3 is 2.46 bits per heavy atom. The van der Waals surface area contributed by atoms with E-state index >= 15 is 0 Å². The van der Waals surface area contributed by atoms with Gasteiger partial charge in [-0.25, -0.2) is 0 Å². The van der Waals surface area contributed by atoms with E-state index in [9.17, 15) is 9.59 Å². The fourth-order valence-corrected chi connectivity index (χ4v) is 2.32. The molecule has 2 amide bonds. The minimum atomic E-state index is -0.544. The lowest BCUT2D eigenvalue weighted by atomic mass is 10.2. The van der Waals surface area contributed by atoms with Crippen LogP contribution in [0.3, 0.4) is 0 Å². The van der Waals surface area contributed by atoms with Gasteiger partial charge in [0.15, 0.2) is 0 Å². The minimum Gasteiger partial charge on any atom is -0.368 e. The van der Waals surface area contributed by atoms with E-state index in [1.807, 2.05) is 0 Å². The van der Waals surface area contributed by atoms with E-state index in [1.54, 1.807) is 37.3 Å². The summed E-state index contributed by atoms with van der Waals surface area (Å²) in [6, 6.07) is 6.83. The molecule has 0 spiro atoms. The highest BCUT2D eigenvalue weighted by molar-refractivity contribution is 5.96. The van der Waals surface area contributed by atoms with Crippen molar-refractivity contribution in [2.75, 3.05) is 38.1 Å². The van der Waals surface area contributed by atoms with Crippen LogP contribution in [0, 0.1) is 0 Å². The molecule has 0 aliphatic carbocycles. The summed E-state index contributed by atoms with van der Waals surface area (Å²) in [5, 5.41) is 5.69. The van der Waals surface area contributed by atoms with Crippen LogP contribution in [0.2, 0.25) is 0 Å². The van der Waals surface area contributed by atoms with Gasteiger partial charge in [0.25, 0.3) is 11.8 Å². The average Bonchev–Trinajstić information content (AvgIpc) is 2.65. The van der Waals surface area contributed by atoms with Gasteiger partial charge < -0.3 is 20.3 Å². The lowest BCUT2D eigenvalue weighted by molar-refractivity contribution is -0.126. The molecule has 0 heterocycles. The van der Waals surface area contributed by atoms with Crippen molar-refractivity contribution in [2.24, 2.45) is 0 Å². The zero-order chi connectivity index (χ0) is 19.4. The smallest absolute Gasteiger partial charge is 0.253 e. The van der Waals surface area contributed by atoms with E-state index in [2.05, 4.69) is 36.0 Å². The largest absolute Gasteiger partial charge is 0.368 e. The predicted octanol–water partition coefficient (Wildman–Crippen LogP) is 2.68. The molecular formula is C20H31N3O3. The van der Waals surface area contributed by atoms with Crippen LogP contribution in [-0.2, 0) is 9.53 Å². The second-order valence-corrected chi connectivity index (χ2v) is 5.94. The van der Waals surface area contributed by atoms with Crippen molar-refractivity contribution < 1.29 is 14.3 Å². The molecule has 0 aromatic heterocycles. The Hall–Kier alpha value is -2.18. The topological polar surface area (TPSA) is 70.7 Å². The molecule has 1 atom stereocenters. The SMILES string of the molecule is C=CCCOC(C)C(=O)Nc1ccc(C(=O)NCCN(CC)CC)cc1. The third-order valence-electron chi connectivity index (χ3n) is 4.08. The monoisotopic (exact) mass is 361 g/mol. The van der Waals surface area contributed by atoms with Gasteiger partial charge in [-0.05, 0) is 50.7 Å². The average molecular weight is 361 g/mol. The molecule has 0 saturated heterocycles. The molecule has 0 bridgehead atoms. The number of hydrogen-bond acceptors (Lipinski definition) is 4. The van der Waals surface area contributed by atoms with Crippen molar-refractivity contribution in [3.8, 4) is 0 Å². The number of anilines is 1.